The number of nitrogens with one attached hydrogen (secondary N) is 1. The first-order chi connectivity index (χ1) is 14.3. The minimum Gasteiger partial charge on any atom is -0.488 e. The van der Waals surface area contributed by atoms with Crippen LogP contribution in [0.4, 0.5) is 13.2 Å². The molecule has 170 valence electrons. The molecule has 2 aromatic rings. The van der Waals surface area contributed by atoms with E-state index in [4.69, 9.17) is 15.2 Å². The first-order valence-corrected chi connectivity index (χ1v) is 9.51. The minimum atomic E-state index is -4.71. The van der Waals surface area contributed by atoms with Crippen LogP contribution < -0.4 is 20.5 Å². The third-order valence-electron chi connectivity index (χ3n) is 4.45. The Labute approximate surface area is 196 Å². The van der Waals surface area contributed by atoms with E-state index >= 15 is 0 Å². The molecule has 1 unspecified atom stereocenters. The fraction of sp³-hybridized carbons (Fsp3) is 0.381. The highest BCUT2D eigenvalue weighted by atomic mass is 127. The Morgan fingerprint density at radius 2 is 1.97 bits per heavy atom. The van der Waals surface area contributed by atoms with E-state index in [1.165, 1.54) is 24.3 Å². The highest BCUT2D eigenvalue weighted by Crippen LogP contribution is 2.24. The van der Waals surface area contributed by atoms with Gasteiger partial charge in [-0.2, -0.15) is 0 Å². The normalized spacial score (nSPS) is 16.5. The van der Waals surface area contributed by atoms with Gasteiger partial charge < -0.3 is 25.3 Å². The van der Waals surface area contributed by atoms with Crippen molar-refractivity contribution in [2.24, 2.45) is 10.7 Å². The Morgan fingerprint density at radius 3 is 2.61 bits per heavy atom. The van der Waals surface area contributed by atoms with Crippen molar-refractivity contribution >= 4 is 29.9 Å². The number of guanidine groups is 1. The fourth-order valence-electron chi connectivity index (χ4n) is 2.92. The molecule has 6 nitrogen and oxygen atoms in total. The van der Waals surface area contributed by atoms with Gasteiger partial charge in [0.25, 0.3) is 0 Å². The number of nitrogens with two attached hydrogens (primary N) is 1. The Hall–Kier alpha value is -2.21. The summed E-state index contributed by atoms with van der Waals surface area (Å²) < 4.78 is 51.9. The first-order valence-electron chi connectivity index (χ1n) is 9.51. The van der Waals surface area contributed by atoms with Crippen molar-refractivity contribution < 1.29 is 27.4 Å². The molecule has 0 amide bonds. The molecule has 0 bridgehead atoms. The molecular formula is C21H25F3IN3O3. The van der Waals surface area contributed by atoms with Gasteiger partial charge in [-0.1, -0.05) is 24.3 Å². The van der Waals surface area contributed by atoms with Gasteiger partial charge in [0.2, 0.25) is 0 Å². The third kappa shape index (κ3) is 8.44. The summed E-state index contributed by atoms with van der Waals surface area (Å²) in [5.41, 5.74) is 8.67. The van der Waals surface area contributed by atoms with Crippen molar-refractivity contribution in [3.63, 3.8) is 0 Å². The lowest BCUT2D eigenvalue weighted by Crippen LogP contribution is -2.31. The second-order valence-corrected chi connectivity index (χ2v) is 6.96. The third-order valence-corrected chi connectivity index (χ3v) is 4.45. The molecule has 1 aliphatic rings. The van der Waals surface area contributed by atoms with Crippen molar-refractivity contribution in [2.75, 3.05) is 13.2 Å². The monoisotopic (exact) mass is 551 g/mol. The molecule has 0 radical (unpaired) electrons. The lowest BCUT2D eigenvalue weighted by atomic mass is 10.1. The van der Waals surface area contributed by atoms with E-state index in [2.05, 4.69) is 15.0 Å². The Morgan fingerprint density at radius 1 is 1.23 bits per heavy atom. The average Bonchev–Trinajstić information content (AvgIpc) is 3.19. The quantitative estimate of drug-likeness (QED) is 0.305. The molecule has 0 spiro atoms. The van der Waals surface area contributed by atoms with Gasteiger partial charge in [0, 0.05) is 18.5 Å². The highest BCUT2D eigenvalue weighted by Gasteiger charge is 2.30. The molecule has 1 aliphatic heterocycles. The van der Waals surface area contributed by atoms with Gasteiger partial charge in [-0.05, 0) is 36.2 Å². The van der Waals surface area contributed by atoms with Crippen LogP contribution in [0.2, 0.25) is 0 Å². The van der Waals surface area contributed by atoms with Gasteiger partial charge in [-0.15, -0.1) is 37.1 Å². The number of aryl methyl sites for hydroxylation is 1. The zero-order valence-corrected chi connectivity index (χ0v) is 19.3. The van der Waals surface area contributed by atoms with E-state index in [0.29, 0.717) is 25.3 Å². The van der Waals surface area contributed by atoms with Crippen molar-refractivity contribution in [1.82, 2.24) is 5.32 Å². The number of hydrogen-bond donors (Lipinski definition) is 2. The summed E-state index contributed by atoms with van der Waals surface area (Å²) in [4.78, 5) is 4.22. The lowest BCUT2D eigenvalue weighted by molar-refractivity contribution is -0.274. The SMILES string of the molecule is Cc1ccc(CNC(N)=NCc2ccc(OC(F)(F)F)cc2)c(OC2CCOC2)c1.I. The maximum atomic E-state index is 12.2. The standard InChI is InChI=1S/C21H24F3N3O3.HI/c1-14-2-5-16(19(10-14)29-18-8-9-28-13-18)12-27-20(25)26-11-15-3-6-17(7-4-15)30-21(22,23)24;/h2-7,10,18H,8-9,11-13H2,1H3,(H3,25,26,27);1H. The molecule has 3 rings (SSSR count). The fourth-order valence-corrected chi connectivity index (χ4v) is 2.92. The minimum absolute atomic E-state index is 0. The molecular weight excluding hydrogens is 526 g/mol. The summed E-state index contributed by atoms with van der Waals surface area (Å²) in [6.07, 6.45) is -3.81. The summed E-state index contributed by atoms with van der Waals surface area (Å²) in [5.74, 6) is 0.730. The van der Waals surface area contributed by atoms with E-state index < -0.39 is 6.36 Å². The topological polar surface area (TPSA) is 78.1 Å². The average molecular weight is 551 g/mol. The largest absolute Gasteiger partial charge is 0.573 e. The number of alkyl halides is 3. The van der Waals surface area contributed by atoms with Gasteiger partial charge in [-0.3, -0.25) is 0 Å². The first kappa shape index (κ1) is 25.1. The van der Waals surface area contributed by atoms with Crippen LogP contribution in [0.5, 0.6) is 11.5 Å². The van der Waals surface area contributed by atoms with Crippen molar-refractivity contribution in [1.29, 1.82) is 0 Å². The van der Waals surface area contributed by atoms with E-state index in [0.717, 1.165) is 23.3 Å². The zero-order chi connectivity index (χ0) is 21.6. The molecule has 3 N–H and O–H groups in total. The van der Waals surface area contributed by atoms with Crippen molar-refractivity contribution in [3.8, 4) is 11.5 Å². The smallest absolute Gasteiger partial charge is 0.488 e. The second kappa shape index (κ2) is 11.4. The van der Waals surface area contributed by atoms with Crippen LogP contribution in [0.25, 0.3) is 0 Å². The number of ether oxygens (including phenoxy) is 3. The van der Waals surface area contributed by atoms with Crippen LogP contribution in [0.1, 0.15) is 23.1 Å². The van der Waals surface area contributed by atoms with Crippen LogP contribution in [0.3, 0.4) is 0 Å². The molecule has 1 fully saturated rings. The van der Waals surface area contributed by atoms with E-state index in [1.807, 2.05) is 25.1 Å². The summed E-state index contributed by atoms with van der Waals surface area (Å²) in [6, 6.07) is 11.4. The van der Waals surface area contributed by atoms with Gasteiger partial charge in [-0.25, -0.2) is 4.99 Å². The molecule has 0 saturated carbocycles. The van der Waals surface area contributed by atoms with Gasteiger partial charge >= 0.3 is 6.36 Å². The van der Waals surface area contributed by atoms with Crippen LogP contribution in [0, 0.1) is 6.92 Å². The lowest BCUT2D eigenvalue weighted by Gasteiger charge is -2.17. The van der Waals surface area contributed by atoms with Crippen LogP contribution in [-0.4, -0.2) is 31.6 Å². The van der Waals surface area contributed by atoms with Gasteiger partial charge in [0.05, 0.1) is 19.8 Å². The number of aliphatic imine (C=N–C) groups is 1. The van der Waals surface area contributed by atoms with E-state index in [-0.39, 0.29) is 48.3 Å². The maximum Gasteiger partial charge on any atom is 0.573 e. The Balaban J connectivity index is 0.00000341. The van der Waals surface area contributed by atoms with Crippen molar-refractivity contribution in [2.45, 2.75) is 38.9 Å². The second-order valence-electron chi connectivity index (χ2n) is 6.96. The molecule has 1 heterocycles. The van der Waals surface area contributed by atoms with E-state index in [9.17, 15) is 13.2 Å². The molecule has 0 aromatic heterocycles. The Kier molecular flexibility index (Phi) is 9.23. The Bertz CT molecular complexity index is 870. The van der Waals surface area contributed by atoms with Gasteiger partial charge in [0.1, 0.15) is 17.6 Å². The summed E-state index contributed by atoms with van der Waals surface area (Å²) >= 11 is 0. The molecule has 31 heavy (non-hydrogen) atoms. The van der Waals surface area contributed by atoms with Crippen LogP contribution >= 0.6 is 24.0 Å². The number of nitrogens with zero attached hydrogens (tertiary/aromatic N) is 1. The maximum absolute atomic E-state index is 12.2. The number of halogens is 4. The molecule has 10 heteroatoms. The van der Waals surface area contributed by atoms with Gasteiger partial charge in [0.15, 0.2) is 5.96 Å². The molecule has 2 aromatic carbocycles. The highest BCUT2D eigenvalue weighted by molar-refractivity contribution is 14.0. The number of benzene rings is 2. The summed E-state index contributed by atoms with van der Waals surface area (Å²) in [7, 11) is 0. The van der Waals surface area contributed by atoms with Crippen LogP contribution in [0.15, 0.2) is 47.5 Å². The van der Waals surface area contributed by atoms with E-state index in [1.54, 1.807) is 0 Å². The predicted molar refractivity (Wildman–Crippen MR) is 122 cm³/mol. The van der Waals surface area contributed by atoms with Crippen molar-refractivity contribution in [3.05, 3.63) is 59.2 Å². The molecule has 0 aliphatic carbocycles. The van der Waals surface area contributed by atoms with Crippen LogP contribution in [-0.2, 0) is 17.8 Å². The zero-order valence-electron chi connectivity index (χ0n) is 16.9. The number of rotatable bonds is 7. The molecule has 1 atom stereocenters. The predicted octanol–water partition coefficient (Wildman–Crippen LogP) is 4.28. The summed E-state index contributed by atoms with van der Waals surface area (Å²) in [6.45, 7) is 3.93. The molecule has 1 saturated heterocycles. The number of hydrogen-bond acceptors (Lipinski definition) is 4. The summed E-state index contributed by atoms with van der Waals surface area (Å²) in [5, 5.41) is 3.04.